The van der Waals surface area contributed by atoms with Crippen LogP contribution in [0.25, 0.3) is 0 Å². The number of hydrogen-bond donors (Lipinski definition) is 1. The summed E-state index contributed by atoms with van der Waals surface area (Å²) in [5.41, 5.74) is 0.882. The number of nitrogens with zero attached hydrogens (tertiary/aromatic N) is 2. The van der Waals surface area contributed by atoms with Crippen LogP contribution in [0.5, 0.6) is 5.75 Å². The summed E-state index contributed by atoms with van der Waals surface area (Å²) in [6, 6.07) is 5.56. The topological polar surface area (TPSA) is 60.2 Å². The Balaban J connectivity index is 1.93. The molecular formula is C15H20ClN3O2. The van der Waals surface area contributed by atoms with Crippen LogP contribution in [0, 0.1) is 5.92 Å². The van der Waals surface area contributed by atoms with E-state index >= 15 is 0 Å². The number of rotatable bonds is 7. The molecule has 5 nitrogen and oxygen atoms in total. The largest absolute Gasteiger partial charge is 0.492 e. The molecule has 2 rings (SSSR count). The molecule has 0 fully saturated rings. The van der Waals surface area contributed by atoms with Gasteiger partial charge in [-0.25, -0.2) is 0 Å². The van der Waals surface area contributed by atoms with Crippen molar-refractivity contribution in [2.45, 2.75) is 33.7 Å². The van der Waals surface area contributed by atoms with Crippen LogP contribution in [-0.2, 0) is 13.0 Å². The van der Waals surface area contributed by atoms with Gasteiger partial charge in [-0.1, -0.05) is 30.6 Å². The molecule has 0 atom stereocenters. The van der Waals surface area contributed by atoms with Crippen LogP contribution in [0.1, 0.15) is 32.5 Å². The van der Waals surface area contributed by atoms with E-state index in [1.165, 1.54) is 0 Å². The smallest absolute Gasteiger partial charge is 0.245 e. The molecule has 1 aromatic carbocycles. The van der Waals surface area contributed by atoms with Gasteiger partial charge in [-0.3, -0.25) is 0 Å². The molecule has 1 aromatic heterocycles. The van der Waals surface area contributed by atoms with E-state index in [0.29, 0.717) is 35.7 Å². The first-order chi connectivity index (χ1) is 10.1. The van der Waals surface area contributed by atoms with Crippen LogP contribution in [0.4, 0.5) is 5.69 Å². The zero-order valence-electron chi connectivity index (χ0n) is 12.5. The molecule has 6 heteroatoms. The molecule has 114 valence electrons. The standard InChI is InChI=1S/C15H20ClN3O2/c1-4-20-13-6-5-11(8-12(13)16)17-9-15-18-14(19-21-15)7-10(2)3/h5-6,8,10,17H,4,7,9H2,1-3H3. The van der Waals surface area contributed by atoms with Crippen LogP contribution >= 0.6 is 11.6 Å². The highest BCUT2D eigenvalue weighted by Crippen LogP contribution is 2.27. The molecule has 21 heavy (non-hydrogen) atoms. The molecule has 1 N–H and O–H groups in total. The summed E-state index contributed by atoms with van der Waals surface area (Å²) in [7, 11) is 0. The van der Waals surface area contributed by atoms with Crippen molar-refractivity contribution in [3.8, 4) is 5.75 Å². The van der Waals surface area contributed by atoms with Gasteiger partial charge in [0, 0.05) is 12.1 Å². The molecule has 0 saturated heterocycles. The van der Waals surface area contributed by atoms with Crippen LogP contribution in [-0.4, -0.2) is 16.7 Å². The van der Waals surface area contributed by atoms with E-state index in [9.17, 15) is 0 Å². The maximum atomic E-state index is 6.13. The van der Waals surface area contributed by atoms with Crippen molar-refractivity contribution in [1.82, 2.24) is 10.1 Å². The third-order valence-corrected chi connectivity index (χ3v) is 3.07. The fourth-order valence-electron chi connectivity index (χ4n) is 1.87. The van der Waals surface area contributed by atoms with E-state index in [1.54, 1.807) is 0 Å². The maximum absolute atomic E-state index is 6.13. The second-order valence-electron chi connectivity index (χ2n) is 5.13. The molecule has 0 aliphatic carbocycles. The minimum absolute atomic E-state index is 0.468. The molecule has 0 aliphatic rings. The summed E-state index contributed by atoms with van der Waals surface area (Å²) >= 11 is 6.13. The second-order valence-corrected chi connectivity index (χ2v) is 5.54. The summed E-state index contributed by atoms with van der Waals surface area (Å²) in [6.07, 6.45) is 0.818. The van der Waals surface area contributed by atoms with E-state index in [1.807, 2.05) is 25.1 Å². The second kappa shape index (κ2) is 7.31. The number of ether oxygens (including phenoxy) is 1. The van der Waals surface area contributed by atoms with Crippen LogP contribution in [0.2, 0.25) is 5.02 Å². The lowest BCUT2D eigenvalue weighted by Crippen LogP contribution is -2.01. The minimum Gasteiger partial charge on any atom is -0.492 e. The summed E-state index contributed by atoms with van der Waals surface area (Å²) < 4.78 is 10.6. The minimum atomic E-state index is 0.468. The summed E-state index contributed by atoms with van der Waals surface area (Å²) in [6.45, 7) is 7.22. The normalized spacial score (nSPS) is 10.9. The predicted octanol–water partition coefficient (Wildman–Crippen LogP) is 3.93. The highest BCUT2D eigenvalue weighted by molar-refractivity contribution is 6.32. The molecule has 0 bridgehead atoms. The third kappa shape index (κ3) is 4.63. The monoisotopic (exact) mass is 309 g/mol. The van der Waals surface area contributed by atoms with Crippen LogP contribution < -0.4 is 10.1 Å². The van der Waals surface area contributed by atoms with Gasteiger partial charge in [0.15, 0.2) is 5.82 Å². The van der Waals surface area contributed by atoms with E-state index in [0.717, 1.165) is 17.9 Å². The van der Waals surface area contributed by atoms with Gasteiger partial charge in [0.05, 0.1) is 18.2 Å². The van der Waals surface area contributed by atoms with Crippen LogP contribution in [0.15, 0.2) is 22.7 Å². The van der Waals surface area contributed by atoms with Crippen molar-refractivity contribution in [2.75, 3.05) is 11.9 Å². The van der Waals surface area contributed by atoms with E-state index in [4.69, 9.17) is 20.9 Å². The SMILES string of the molecule is CCOc1ccc(NCc2nc(CC(C)C)no2)cc1Cl. The lowest BCUT2D eigenvalue weighted by Gasteiger charge is -2.08. The highest BCUT2D eigenvalue weighted by atomic mass is 35.5. The van der Waals surface area contributed by atoms with Gasteiger partial charge in [0.2, 0.25) is 5.89 Å². The van der Waals surface area contributed by atoms with Gasteiger partial charge >= 0.3 is 0 Å². The molecule has 2 aromatic rings. The average Bonchev–Trinajstić information content (AvgIpc) is 2.86. The van der Waals surface area contributed by atoms with E-state index in [-0.39, 0.29) is 0 Å². The van der Waals surface area contributed by atoms with Crippen molar-refractivity contribution in [3.63, 3.8) is 0 Å². The Morgan fingerprint density at radius 1 is 1.38 bits per heavy atom. The van der Waals surface area contributed by atoms with Gasteiger partial charge in [-0.05, 0) is 31.0 Å². The number of benzene rings is 1. The van der Waals surface area contributed by atoms with Crippen molar-refractivity contribution in [1.29, 1.82) is 0 Å². The molecule has 0 radical (unpaired) electrons. The Morgan fingerprint density at radius 3 is 2.86 bits per heavy atom. The number of hydrogen-bond acceptors (Lipinski definition) is 5. The average molecular weight is 310 g/mol. The van der Waals surface area contributed by atoms with Gasteiger partial charge in [-0.15, -0.1) is 0 Å². The summed E-state index contributed by atoms with van der Waals surface area (Å²) in [5, 5.41) is 7.73. The Morgan fingerprint density at radius 2 is 2.19 bits per heavy atom. The summed E-state index contributed by atoms with van der Waals surface area (Å²) in [5.74, 6) is 2.50. The molecular weight excluding hydrogens is 290 g/mol. The Labute approximate surface area is 129 Å². The van der Waals surface area contributed by atoms with Crippen LogP contribution in [0.3, 0.4) is 0 Å². The zero-order chi connectivity index (χ0) is 15.2. The van der Waals surface area contributed by atoms with Gasteiger partial charge in [0.25, 0.3) is 0 Å². The van der Waals surface area contributed by atoms with Gasteiger partial charge < -0.3 is 14.6 Å². The number of nitrogens with one attached hydrogen (secondary N) is 1. The Kier molecular flexibility index (Phi) is 5.44. The Bertz CT molecular complexity index is 584. The van der Waals surface area contributed by atoms with E-state index in [2.05, 4.69) is 29.3 Å². The zero-order valence-corrected chi connectivity index (χ0v) is 13.3. The van der Waals surface area contributed by atoms with Crippen molar-refractivity contribution < 1.29 is 9.26 Å². The third-order valence-electron chi connectivity index (χ3n) is 2.78. The fraction of sp³-hybridized carbons (Fsp3) is 0.467. The predicted molar refractivity (Wildman–Crippen MR) is 82.8 cm³/mol. The van der Waals surface area contributed by atoms with Gasteiger partial charge in [-0.2, -0.15) is 4.98 Å². The molecule has 0 aliphatic heterocycles. The first kappa shape index (κ1) is 15.6. The fourth-order valence-corrected chi connectivity index (χ4v) is 2.11. The first-order valence-corrected chi connectivity index (χ1v) is 7.44. The summed E-state index contributed by atoms with van der Waals surface area (Å²) in [4.78, 5) is 4.34. The number of anilines is 1. The highest BCUT2D eigenvalue weighted by Gasteiger charge is 2.08. The molecule has 0 saturated carbocycles. The molecule has 0 unspecified atom stereocenters. The lowest BCUT2D eigenvalue weighted by molar-refractivity contribution is 0.340. The lowest BCUT2D eigenvalue weighted by atomic mass is 10.1. The van der Waals surface area contributed by atoms with Crippen molar-refractivity contribution in [2.24, 2.45) is 5.92 Å². The first-order valence-electron chi connectivity index (χ1n) is 7.06. The number of aromatic nitrogens is 2. The quantitative estimate of drug-likeness (QED) is 0.839. The number of halogens is 1. The Hall–Kier alpha value is -1.75. The maximum Gasteiger partial charge on any atom is 0.245 e. The van der Waals surface area contributed by atoms with Gasteiger partial charge in [0.1, 0.15) is 5.75 Å². The molecule has 1 heterocycles. The van der Waals surface area contributed by atoms with Crippen molar-refractivity contribution >= 4 is 17.3 Å². The van der Waals surface area contributed by atoms with Crippen molar-refractivity contribution in [3.05, 3.63) is 34.9 Å². The molecule has 0 spiro atoms. The molecule has 0 amide bonds. The van der Waals surface area contributed by atoms with E-state index < -0.39 is 0 Å².